The van der Waals surface area contributed by atoms with E-state index in [0.29, 0.717) is 11.4 Å². The van der Waals surface area contributed by atoms with E-state index >= 15 is 0 Å². The summed E-state index contributed by atoms with van der Waals surface area (Å²) in [6.07, 6.45) is 1.83. The highest BCUT2D eigenvalue weighted by molar-refractivity contribution is 6.30. The quantitative estimate of drug-likeness (QED) is 0.722. The van der Waals surface area contributed by atoms with Crippen LogP contribution in [0.15, 0.2) is 18.3 Å². The summed E-state index contributed by atoms with van der Waals surface area (Å²) in [4.78, 5) is 15.7. The van der Waals surface area contributed by atoms with Crippen molar-refractivity contribution in [3.8, 4) is 0 Å². The lowest BCUT2D eigenvalue weighted by atomic mass is 9.98. The Balaban J connectivity index is 2.84. The van der Waals surface area contributed by atoms with Crippen molar-refractivity contribution in [1.29, 1.82) is 0 Å². The minimum absolute atomic E-state index is 0.150. The Kier molecular flexibility index (Phi) is 4.86. The fourth-order valence-corrected chi connectivity index (χ4v) is 1.43. The Morgan fingerprint density at radius 3 is 2.65 bits per heavy atom. The number of pyridine rings is 1. The van der Waals surface area contributed by atoms with E-state index in [1.165, 1.54) is 12.3 Å². The fraction of sp³-hybridized carbons (Fsp3) is 0.455. The average molecular weight is 259 g/mol. The normalized spacial score (nSPS) is 11.3. The minimum Gasteiger partial charge on any atom is -0.394 e. The number of rotatable bonds is 5. The van der Waals surface area contributed by atoms with Crippen LogP contribution in [0, 0.1) is 0 Å². The van der Waals surface area contributed by atoms with Crippen LogP contribution < -0.4 is 5.32 Å². The van der Waals surface area contributed by atoms with Crippen LogP contribution in [-0.2, 0) is 0 Å². The van der Waals surface area contributed by atoms with Gasteiger partial charge < -0.3 is 15.5 Å². The lowest BCUT2D eigenvalue weighted by molar-refractivity contribution is 0.0649. The topological polar surface area (TPSA) is 82.5 Å². The maximum absolute atomic E-state index is 11.8. The second-order valence-corrected chi connectivity index (χ2v) is 4.20. The smallest absolute Gasteiger partial charge is 0.270 e. The molecule has 0 unspecified atom stereocenters. The number of halogens is 1. The predicted molar refractivity (Wildman–Crippen MR) is 63.9 cm³/mol. The van der Waals surface area contributed by atoms with Gasteiger partial charge in [0.15, 0.2) is 0 Å². The zero-order chi connectivity index (χ0) is 12.9. The molecule has 1 aromatic rings. The largest absolute Gasteiger partial charge is 0.394 e. The van der Waals surface area contributed by atoms with Gasteiger partial charge in [0.05, 0.1) is 18.8 Å². The maximum Gasteiger partial charge on any atom is 0.270 e. The van der Waals surface area contributed by atoms with E-state index in [4.69, 9.17) is 11.6 Å². The van der Waals surface area contributed by atoms with Crippen molar-refractivity contribution in [3.63, 3.8) is 0 Å². The third-order valence-electron chi connectivity index (χ3n) is 2.62. The second kappa shape index (κ2) is 5.95. The molecule has 0 fully saturated rings. The summed E-state index contributed by atoms with van der Waals surface area (Å²) in [5.41, 5.74) is -0.876. The first-order valence-corrected chi connectivity index (χ1v) is 5.60. The Morgan fingerprint density at radius 2 is 2.18 bits per heavy atom. The first-order chi connectivity index (χ1) is 8.06. The summed E-state index contributed by atoms with van der Waals surface area (Å²) in [5.74, 6) is -0.475. The number of hydrogen-bond donors (Lipinski definition) is 3. The molecular formula is C11H15ClN2O3. The average Bonchev–Trinajstić information content (AvgIpc) is 2.36. The molecule has 0 saturated carbocycles. The molecule has 0 aliphatic rings. The van der Waals surface area contributed by atoms with Gasteiger partial charge in [-0.2, -0.15) is 0 Å². The van der Waals surface area contributed by atoms with Gasteiger partial charge in [-0.3, -0.25) is 9.78 Å². The molecule has 0 atom stereocenters. The van der Waals surface area contributed by atoms with Crippen molar-refractivity contribution in [2.75, 3.05) is 13.2 Å². The number of amides is 1. The number of hydrogen-bond acceptors (Lipinski definition) is 4. The summed E-state index contributed by atoms with van der Waals surface area (Å²) >= 11 is 5.74. The highest BCUT2D eigenvalue weighted by Crippen LogP contribution is 2.12. The van der Waals surface area contributed by atoms with Crippen molar-refractivity contribution in [1.82, 2.24) is 10.3 Å². The Morgan fingerprint density at radius 1 is 1.53 bits per heavy atom. The van der Waals surface area contributed by atoms with Crippen molar-refractivity contribution >= 4 is 17.5 Å². The van der Waals surface area contributed by atoms with Crippen LogP contribution in [0.1, 0.15) is 23.8 Å². The van der Waals surface area contributed by atoms with E-state index in [1.54, 1.807) is 13.0 Å². The van der Waals surface area contributed by atoms with Crippen LogP contribution >= 0.6 is 11.6 Å². The van der Waals surface area contributed by atoms with Gasteiger partial charge in [-0.1, -0.05) is 18.5 Å². The Bertz CT molecular complexity index is 386. The highest BCUT2D eigenvalue weighted by Gasteiger charge is 2.29. The number of aliphatic hydroxyl groups excluding tert-OH is 2. The molecular weight excluding hydrogens is 244 g/mol. The van der Waals surface area contributed by atoms with Crippen molar-refractivity contribution < 1.29 is 15.0 Å². The summed E-state index contributed by atoms with van der Waals surface area (Å²) in [5, 5.41) is 21.4. The van der Waals surface area contributed by atoms with Gasteiger partial charge in [-0.25, -0.2) is 0 Å². The molecule has 3 N–H and O–H groups in total. The van der Waals surface area contributed by atoms with Gasteiger partial charge in [-0.15, -0.1) is 0 Å². The van der Waals surface area contributed by atoms with Crippen LogP contribution in [0.2, 0.25) is 5.02 Å². The monoisotopic (exact) mass is 258 g/mol. The molecule has 0 radical (unpaired) electrons. The van der Waals surface area contributed by atoms with Crippen molar-refractivity contribution in [2.24, 2.45) is 0 Å². The van der Waals surface area contributed by atoms with Crippen LogP contribution in [0.25, 0.3) is 0 Å². The van der Waals surface area contributed by atoms with E-state index in [0.717, 1.165) is 0 Å². The van der Waals surface area contributed by atoms with Crippen LogP contribution in [0.4, 0.5) is 0 Å². The molecule has 0 bridgehead atoms. The van der Waals surface area contributed by atoms with Crippen LogP contribution in [-0.4, -0.2) is 39.9 Å². The van der Waals surface area contributed by atoms with Crippen LogP contribution in [0.3, 0.4) is 0 Å². The molecule has 1 rings (SSSR count). The van der Waals surface area contributed by atoms with E-state index < -0.39 is 11.4 Å². The molecule has 1 amide bonds. The molecule has 0 aliphatic carbocycles. The molecule has 5 nitrogen and oxygen atoms in total. The van der Waals surface area contributed by atoms with Gasteiger partial charge in [0.25, 0.3) is 5.91 Å². The highest BCUT2D eigenvalue weighted by atomic mass is 35.5. The molecule has 0 aromatic carbocycles. The Hall–Kier alpha value is -1.17. The standard InChI is InChI=1S/C11H15ClN2O3/c1-2-11(6-15,7-16)14-10(17)9-5-8(12)3-4-13-9/h3-5,15-16H,2,6-7H2,1H3,(H,14,17). The molecule has 1 heterocycles. The first kappa shape index (κ1) is 13.9. The van der Waals surface area contributed by atoms with Crippen LogP contribution in [0.5, 0.6) is 0 Å². The zero-order valence-corrected chi connectivity index (χ0v) is 10.2. The third-order valence-corrected chi connectivity index (χ3v) is 2.85. The molecule has 0 saturated heterocycles. The summed E-state index contributed by atoms with van der Waals surface area (Å²) in [7, 11) is 0. The number of nitrogens with one attached hydrogen (secondary N) is 1. The van der Waals surface area contributed by atoms with E-state index in [-0.39, 0.29) is 18.9 Å². The molecule has 0 spiro atoms. The van der Waals surface area contributed by atoms with Crippen molar-refractivity contribution in [2.45, 2.75) is 18.9 Å². The molecule has 17 heavy (non-hydrogen) atoms. The third kappa shape index (κ3) is 3.39. The lowest BCUT2D eigenvalue weighted by Gasteiger charge is -2.29. The fourth-order valence-electron chi connectivity index (χ4n) is 1.27. The number of carbonyl (C=O) groups is 1. The number of aromatic nitrogens is 1. The zero-order valence-electron chi connectivity index (χ0n) is 9.48. The minimum atomic E-state index is -1.03. The summed E-state index contributed by atoms with van der Waals surface area (Å²) in [6.45, 7) is 1.08. The van der Waals surface area contributed by atoms with Gasteiger partial charge in [0, 0.05) is 11.2 Å². The number of nitrogens with zero attached hydrogens (tertiary/aromatic N) is 1. The van der Waals surface area contributed by atoms with E-state index in [2.05, 4.69) is 10.3 Å². The molecule has 94 valence electrons. The molecule has 6 heteroatoms. The van der Waals surface area contributed by atoms with Gasteiger partial charge >= 0.3 is 0 Å². The second-order valence-electron chi connectivity index (χ2n) is 3.76. The molecule has 1 aromatic heterocycles. The summed E-state index contributed by atoms with van der Waals surface area (Å²) < 4.78 is 0. The predicted octanol–water partition coefficient (Wildman–Crippen LogP) is 0.598. The van der Waals surface area contributed by atoms with E-state index in [1.807, 2.05) is 0 Å². The summed E-state index contributed by atoms with van der Waals surface area (Å²) in [6, 6.07) is 2.98. The lowest BCUT2D eigenvalue weighted by Crippen LogP contribution is -2.53. The SMILES string of the molecule is CCC(CO)(CO)NC(=O)c1cc(Cl)ccn1. The first-order valence-electron chi connectivity index (χ1n) is 5.22. The maximum atomic E-state index is 11.8. The number of carbonyl (C=O) groups excluding carboxylic acids is 1. The van der Waals surface area contributed by atoms with Gasteiger partial charge in [0.1, 0.15) is 5.69 Å². The van der Waals surface area contributed by atoms with Crippen molar-refractivity contribution in [3.05, 3.63) is 29.0 Å². The van der Waals surface area contributed by atoms with E-state index in [9.17, 15) is 15.0 Å². The molecule has 0 aliphatic heterocycles. The van der Waals surface area contributed by atoms with Gasteiger partial charge in [-0.05, 0) is 18.6 Å². The van der Waals surface area contributed by atoms with Gasteiger partial charge in [0.2, 0.25) is 0 Å². The number of aliphatic hydroxyl groups is 2. The Labute approximate surface area is 104 Å².